The highest BCUT2D eigenvalue weighted by molar-refractivity contribution is 5.78. The van der Waals surface area contributed by atoms with E-state index >= 15 is 0 Å². The van der Waals surface area contributed by atoms with Crippen molar-refractivity contribution < 1.29 is 22.8 Å². The lowest BCUT2D eigenvalue weighted by atomic mass is 10.1. The molecule has 7 nitrogen and oxygen atoms in total. The Morgan fingerprint density at radius 2 is 2.04 bits per heavy atom. The highest BCUT2D eigenvalue weighted by atomic mass is 19.3. The van der Waals surface area contributed by atoms with Crippen LogP contribution >= 0.6 is 0 Å². The van der Waals surface area contributed by atoms with Crippen LogP contribution < -0.4 is 10.1 Å². The summed E-state index contributed by atoms with van der Waals surface area (Å²) in [4.78, 5) is 18.2. The molecule has 0 unspecified atom stereocenters. The minimum absolute atomic E-state index is 0.0308. The van der Waals surface area contributed by atoms with Gasteiger partial charge in [-0.1, -0.05) is 24.2 Å². The van der Waals surface area contributed by atoms with E-state index in [9.17, 15) is 13.6 Å². The van der Waals surface area contributed by atoms with Gasteiger partial charge in [0.05, 0.1) is 18.7 Å². The molecule has 1 N–H and O–H groups in total. The largest absolute Gasteiger partial charge is 0.434 e. The molecule has 1 aromatic heterocycles. The zero-order valence-corrected chi connectivity index (χ0v) is 15.8. The van der Waals surface area contributed by atoms with Gasteiger partial charge in [0.25, 0.3) is 0 Å². The third-order valence-corrected chi connectivity index (χ3v) is 3.50. The maximum Gasteiger partial charge on any atom is 0.387 e. The Balaban J connectivity index is 2.08. The van der Waals surface area contributed by atoms with E-state index < -0.39 is 6.61 Å². The maximum atomic E-state index is 12.5. The molecule has 0 aliphatic heterocycles. The summed E-state index contributed by atoms with van der Waals surface area (Å²) in [6, 6.07) is 6.22. The van der Waals surface area contributed by atoms with Crippen LogP contribution in [-0.4, -0.2) is 46.2 Å². The van der Waals surface area contributed by atoms with Gasteiger partial charge in [-0.2, -0.15) is 13.8 Å². The molecule has 9 heteroatoms. The third kappa shape index (κ3) is 6.59. The Morgan fingerprint density at radius 3 is 2.67 bits per heavy atom. The molecule has 0 aliphatic carbocycles. The average Bonchev–Trinajstić information content (AvgIpc) is 3.00. The van der Waals surface area contributed by atoms with E-state index in [2.05, 4.69) is 20.2 Å². The lowest BCUT2D eigenvalue weighted by Crippen LogP contribution is -2.45. The number of carbonyl (C=O) groups excluding carboxylic acids is 1. The molecule has 1 aromatic carbocycles. The summed E-state index contributed by atoms with van der Waals surface area (Å²) in [5.74, 6) is 0.287. The molecule has 27 heavy (non-hydrogen) atoms. The first-order valence-electron chi connectivity index (χ1n) is 8.58. The second-order valence-corrected chi connectivity index (χ2v) is 6.99. The number of hydrogen-bond donors (Lipinski definition) is 1. The molecule has 0 radical (unpaired) electrons. The quantitative estimate of drug-likeness (QED) is 0.756. The molecule has 0 fully saturated rings. The molecule has 0 bridgehead atoms. The summed E-state index contributed by atoms with van der Waals surface area (Å²) in [7, 11) is 0. The topological polar surface area (TPSA) is 80.5 Å². The van der Waals surface area contributed by atoms with Gasteiger partial charge in [-0.25, -0.2) is 0 Å². The van der Waals surface area contributed by atoms with Crippen LogP contribution in [0.3, 0.4) is 0 Å². The number of amides is 1. The fourth-order valence-electron chi connectivity index (χ4n) is 2.41. The van der Waals surface area contributed by atoms with Gasteiger partial charge >= 0.3 is 6.61 Å². The van der Waals surface area contributed by atoms with Gasteiger partial charge in [0.15, 0.2) is 0 Å². The lowest BCUT2D eigenvalue weighted by Gasteiger charge is -2.23. The molecule has 2 rings (SSSR count). The van der Waals surface area contributed by atoms with Crippen LogP contribution in [0.1, 0.15) is 33.6 Å². The van der Waals surface area contributed by atoms with Gasteiger partial charge < -0.3 is 14.6 Å². The van der Waals surface area contributed by atoms with E-state index in [1.165, 1.54) is 6.07 Å². The fraction of sp³-hybridized carbons (Fsp3) is 0.500. The third-order valence-electron chi connectivity index (χ3n) is 3.50. The van der Waals surface area contributed by atoms with Crippen molar-refractivity contribution in [3.8, 4) is 17.1 Å². The standard InChI is InChI=1S/C18H24F2N4O3/c1-5-24(10-14(25)22-18(2,3)4)11-15-21-16(23-27-15)12-8-6-7-9-13(12)26-17(19)20/h6-9,17H,5,10-11H2,1-4H3,(H,22,25). The summed E-state index contributed by atoms with van der Waals surface area (Å²) in [6.45, 7) is 5.72. The fourth-order valence-corrected chi connectivity index (χ4v) is 2.41. The van der Waals surface area contributed by atoms with E-state index in [1.807, 2.05) is 32.6 Å². The van der Waals surface area contributed by atoms with Crippen LogP contribution in [0.2, 0.25) is 0 Å². The molecule has 2 aromatic rings. The molecule has 0 saturated heterocycles. The van der Waals surface area contributed by atoms with Crippen LogP contribution in [0, 0.1) is 0 Å². The van der Waals surface area contributed by atoms with Gasteiger partial charge in [0.1, 0.15) is 5.75 Å². The number of ether oxygens (including phenoxy) is 1. The van der Waals surface area contributed by atoms with Crippen LogP contribution in [0.15, 0.2) is 28.8 Å². The minimum atomic E-state index is -2.95. The first-order chi connectivity index (χ1) is 12.7. The molecular weight excluding hydrogens is 358 g/mol. The summed E-state index contributed by atoms with van der Waals surface area (Å²) in [5, 5.41) is 6.73. The van der Waals surface area contributed by atoms with E-state index in [1.54, 1.807) is 18.2 Å². The number of nitrogens with one attached hydrogen (secondary N) is 1. The van der Waals surface area contributed by atoms with E-state index in [0.717, 1.165) is 0 Å². The number of hydrogen-bond acceptors (Lipinski definition) is 6. The molecule has 0 atom stereocenters. The van der Waals surface area contributed by atoms with Crippen LogP contribution in [0.5, 0.6) is 5.75 Å². The zero-order valence-electron chi connectivity index (χ0n) is 15.8. The molecular formula is C18H24F2N4O3. The van der Waals surface area contributed by atoms with Crippen molar-refractivity contribution in [2.45, 2.75) is 46.4 Å². The number of likely N-dealkylation sites (N-methyl/N-ethyl adjacent to an activating group) is 1. The second kappa shape index (κ2) is 8.90. The van der Waals surface area contributed by atoms with Crippen molar-refractivity contribution in [1.82, 2.24) is 20.4 Å². The van der Waals surface area contributed by atoms with Gasteiger partial charge in [-0.3, -0.25) is 9.69 Å². The van der Waals surface area contributed by atoms with Crippen LogP contribution in [0.25, 0.3) is 11.4 Å². The number of aromatic nitrogens is 2. The molecule has 0 saturated carbocycles. The van der Waals surface area contributed by atoms with E-state index in [-0.39, 0.29) is 42.0 Å². The number of alkyl halides is 2. The summed E-state index contributed by atoms with van der Waals surface area (Å²) < 4.78 is 34.8. The van der Waals surface area contributed by atoms with E-state index in [0.29, 0.717) is 12.1 Å². The Morgan fingerprint density at radius 1 is 1.33 bits per heavy atom. The number of rotatable bonds is 8. The van der Waals surface area contributed by atoms with Crippen LogP contribution in [0.4, 0.5) is 8.78 Å². The SMILES string of the molecule is CCN(CC(=O)NC(C)(C)C)Cc1nc(-c2ccccc2OC(F)F)no1. The highest BCUT2D eigenvalue weighted by Gasteiger charge is 2.20. The molecule has 1 heterocycles. The summed E-state index contributed by atoms with van der Waals surface area (Å²) in [5.41, 5.74) is -0.0101. The predicted octanol–water partition coefficient (Wildman–Crippen LogP) is 3.07. The molecule has 148 valence electrons. The molecule has 0 spiro atoms. The van der Waals surface area contributed by atoms with Crippen LogP contribution in [-0.2, 0) is 11.3 Å². The van der Waals surface area contributed by atoms with Gasteiger partial charge in [0.2, 0.25) is 17.6 Å². The summed E-state index contributed by atoms with van der Waals surface area (Å²) >= 11 is 0. The van der Waals surface area contributed by atoms with Gasteiger partial charge in [-0.05, 0) is 39.4 Å². The first-order valence-corrected chi connectivity index (χ1v) is 8.58. The van der Waals surface area contributed by atoms with Gasteiger partial charge in [-0.15, -0.1) is 0 Å². The molecule has 1 amide bonds. The zero-order chi connectivity index (χ0) is 20.0. The van der Waals surface area contributed by atoms with Crippen molar-refractivity contribution in [3.63, 3.8) is 0 Å². The number of nitrogens with zero attached hydrogens (tertiary/aromatic N) is 3. The smallest absolute Gasteiger partial charge is 0.387 e. The Hall–Kier alpha value is -2.55. The van der Waals surface area contributed by atoms with Crippen molar-refractivity contribution in [2.75, 3.05) is 13.1 Å². The minimum Gasteiger partial charge on any atom is -0.434 e. The van der Waals surface area contributed by atoms with Crippen molar-refractivity contribution in [1.29, 1.82) is 0 Å². The first kappa shape index (κ1) is 20.8. The number of para-hydroxylation sites is 1. The predicted molar refractivity (Wildman–Crippen MR) is 95.2 cm³/mol. The number of carbonyl (C=O) groups is 1. The lowest BCUT2D eigenvalue weighted by molar-refractivity contribution is -0.123. The Kier molecular flexibility index (Phi) is 6.84. The number of halogens is 2. The molecule has 0 aliphatic rings. The van der Waals surface area contributed by atoms with Crippen molar-refractivity contribution >= 4 is 5.91 Å². The van der Waals surface area contributed by atoms with Crippen molar-refractivity contribution in [3.05, 3.63) is 30.2 Å². The monoisotopic (exact) mass is 382 g/mol. The van der Waals surface area contributed by atoms with Gasteiger partial charge in [0, 0.05) is 5.54 Å². The maximum absolute atomic E-state index is 12.5. The Bertz CT molecular complexity index is 759. The number of benzene rings is 1. The average molecular weight is 382 g/mol. The summed E-state index contributed by atoms with van der Waals surface area (Å²) in [6.07, 6.45) is 0. The normalized spacial score (nSPS) is 11.9. The van der Waals surface area contributed by atoms with Crippen molar-refractivity contribution in [2.24, 2.45) is 0 Å². The highest BCUT2D eigenvalue weighted by Crippen LogP contribution is 2.28. The second-order valence-electron chi connectivity index (χ2n) is 6.99. The Labute approximate surface area is 156 Å². The van der Waals surface area contributed by atoms with E-state index in [4.69, 9.17) is 4.52 Å².